The zero-order valence-electron chi connectivity index (χ0n) is 21.9. The molecule has 1 aromatic carbocycles. The number of benzene rings is 1. The Bertz CT molecular complexity index is 1380. The van der Waals surface area contributed by atoms with Gasteiger partial charge in [0.1, 0.15) is 10.6 Å². The summed E-state index contributed by atoms with van der Waals surface area (Å²) >= 11 is 1.30. The maximum absolute atomic E-state index is 12.8. The lowest BCUT2D eigenvalue weighted by atomic mass is 9.86. The number of carbonyl (C=O) groups excluding carboxylic acids is 3. The van der Waals surface area contributed by atoms with E-state index in [4.69, 9.17) is 14.2 Å². The first-order valence-electron chi connectivity index (χ1n) is 12.7. The number of H-pyrrole nitrogens is 1. The molecule has 12 heteroatoms. The van der Waals surface area contributed by atoms with Gasteiger partial charge in [-0.05, 0) is 54.7 Å². The third-order valence-electron chi connectivity index (χ3n) is 6.55. The molecule has 3 N–H and O–H groups in total. The molecule has 1 saturated carbocycles. The van der Waals surface area contributed by atoms with Crippen LogP contribution in [0.4, 0.5) is 0 Å². The van der Waals surface area contributed by atoms with Gasteiger partial charge in [-0.15, -0.1) is 11.3 Å². The number of fused-ring (bicyclic) bond motifs is 1. The number of esters is 1. The van der Waals surface area contributed by atoms with Crippen LogP contribution < -0.4 is 20.9 Å². The van der Waals surface area contributed by atoms with Gasteiger partial charge in [0.25, 0.3) is 17.4 Å². The van der Waals surface area contributed by atoms with Gasteiger partial charge < -0.3 is 29.8 Å². The summed E-state index contributed by atoms with van der Waals surface area (Å²) in [4.78, 5) is 55.5. The SMILES string of the molecule is COc1cccc(CNC(=O)c2nc3scc(COC[C@H]4CC[C@H](NC(=O)COC(C)=O)CC4)c3c(=O)[nH]2)c1. The minimum absolute atomic E-state index is 0.0404. The minimum atomic E-state index is -0.478. The van der Waals surface area contributed by atoms with E-state index in [1.54, 1.807) is 7.11 Å². The van der Waals surface area contributed by atoms with Crippen molar-refractivity contribution in [1.82, 2.24) is 20.6 Å². The van der Waals surface area contributed by atoms with E-state index in [9.17, 15) is 19.2 Å². The van der Waals surface area contributed by atoms with Crippen molar-refractivity contribution in [3.05, 3.63) is 57.0 Å². The van der Waals surface area contributed by atoms with Crippen molar-refractivity contribution in [3.63, 3.8) is 0 Å². The Labute approximate surface area is 229 Å². The zero-order chi connectivity index (χ0) is 27.8. The number of methoxy groups -OCH3 is 1. The van der Waals surface area contributed by atoms with Gasteiger partial charge in [-0.1, -0.05) is 12.1 Å². The second-order valence-electron chi connectivity index (χ2n) is 9.47. The van der Waals surface area contributed by atoms with Crippen molar-refractivity contribution < 1.29 is 28.6 Å². The highest BCUT2D eigenvalue weighted by molar-refractivity contribution is 7.16. The molecule has 39 heavy (non-hydrogen) atoms. The zero-order valence-corrected chi connectivity index (χ0v) is 22.7. The van der Waals surface area contributed by atoms with Gasteiger partial charge in [-0.25, -0.2) is 4.98 Å². The number of nitrogens with one attached hydrogen (secondary N) is 3. The largest absolute Gasteiger partial charge is 0.497 e. The van der Waals surface area contributed by atoms with Gasteiger partial charge >= 0.3 is 5.97 Å². The maximum Gasteiger partial charge on any atom is 0.303 e. The molecule has 2 aromatic heterocycles. The van der Waals surface area contributed by atoms with Crippen molar-refractivity contribution in [2.45, 2.75) is 51.8 Å². The average molecular weight is 557 g/mol. The molecule has 0 aliphatic heterocycles. The lowest BCUT2D eigenvalue weighted by Crippen LogP contribution is -2.40. The quantitative estimate of drug-likeness (QED) is 0.305. The Morgan fingerprint density at radius 3 is 2.72 bits per heavy atom. The summed E-state index contributed by atoms with van der Waals surface area (Å²) in [7, 11) is 1.58. The standard InChI is InChI=1S/C27H32N4O7S/c1-16(32)38-14-22(33)29-20-8-6-17(7-9-20)12-37-13-19-15-39-27-23(19)25(34)30-24(31-27)26(35)28-11-18-4-3-5-21(10-18)36-2/h3-5,10,15,17,20H,6-9,11-14H2,1-2H3,(H,28,35)(H,29,33)(H,30,31,34)/t17-,20-. The molecular formula is C27H32N4O7S. The first kappa shape index (κ1) is 28.2. The van der Waals surface area contributed by atoms with Crippen molar-refractivity contribution in [2.75, 3.05) is 20.3 Å². The molecule has 0 radical (unpaired) electrons. The number of hydrogen-bond acceptors (Lipinski definition) is 9. The Kier molecular flexibility index (Phi) is 9.66. The summed E-state index contributed by atoms with van der Waals surface area (Å²) < 4.78 is 15.9. The highest BCUT2D eigenvalue weighted by atomic mass is 32.1. The number of nitrogens with zero attached hydrogens (tertiary/aromatic N) is 1. The molecule has 0 bridgehead atoms. The van der Waals surface area contributed by atoms with Crippen LogP contribution in [0.1, 0.15) is 54.4 Å². The number of hydrogen-bond donors (Lipinski definition) is 3. The van der Waals surface area contributed by atoms with Crippen LogP contribution in [0, 0.1) is 5.92 Å². The van der Waals surface area contributed by atoms with Crippen LogP contribution in [0.2, 0.25) is 0 Å². The third-order valence-corrected chi connectivity index (χ3v) is 7.47. The summed E-state index contributed by atoms with van der Waals surface area (Å²) in [6, 6.07) is 7.41. The molecule has 1 aliphatic carbocycles. The van der Waals surface area contributed by atoms with Gasteiger partial charge in [0, 0.05) is 31.7 Å². The third kappa shape index (κ3) is 7.87. The van der Waals surface area contributed by atoms with Crippen molar-refractivity contribution >= 4 is 39.3 Å². The first-order valence-corrected chi connectivity index (χ1v) is 13.6. The second kappa shape index (κ2) is 13.3. The number of amides is 2. The minimum Gasteiger partial charge on any atom is -0.497 e. The van der Waals surface area contributed by atoms with Gasteiger partial charge in [-0.3, -0.25) is 19.2 Å². The normalized spacial score (nSPS) is 17.0. The lowest BCUT2D eigenvalue weighted by Gasteiger charge is -2.28. The van der Waals surface area contributed by atoms with E-state index < -0.39 is 11.9 Å². The fourth-order valence-corrected chi connectivity index (χ4v) is 5.44. The molecule has 1 aliphatic rings. The predicted molar refractivity (Wildman–Crippen MR) is 145 cm³/mol. The summed E-state index contributed by atoms with van der Waals surface area (Å²) in [5.74, 6) is -0.230. The molecule has 1 fully saturated rings. The van der Waals surface area contributed by atoms with Crippen LogP contribution in [0.25, 0.3) is 10.2 Å². The molecule has 0 saturated heterocycles. The lowest BCUT2D eigenvalue weighted by molar-refractivity contribution is -0.146. The molecule has 0 atom stereocenters. The van der Waals surface area contributed by atoms with Crippen molar-refractivity contribution in [3.8, 4) is 5.75 Å². The molecule has 2 amide bonds. The first-order chi connectivity index (χ1) is 18.8. The van der Waals surface area contributed by atoms with Crippen LogP contribution in [0.3, 0.4) is 0 Å². The number of thiophene rings is 1. The smallest absolute Gasteiger partial charge is 0.303 e. The molecule has 208 valence electrons. The molecule has 0 spiro atoms. The van der Waals surface area contributed by atoms with Gasteiger partial charge in [0.05, 0.1) is 19.1 Å². The Morgan fingerprint density at radius 2 is 1.97 bits per heavy atom. The van der Waals surface area contributed by atoms with Crippen molar-refractivity contribution in [2.24, 2.45) is 5.92 Å². The van der Waals surface area contributed by atoms with Gasteiger partial charge in [-0.2, -0.15) is 0 Å². The van der Waals surface area contributed by atoms with Crippen LogP contribution >= 0.6 is 11.3 Å². The van der Waals surface area contributed by atoms with Gasteiger partial charge in [0.2, 0.25) is 5.82 Å². The summed E-state index contributed by atoms with van der Waals surface area (Å²) in [5, 5.41) is 7.94. The summed E-state index contributed by atoms with van der Waals surface area (Å²) in [6.45, 7) is 2.10. The number of ether oxygens (including phenoxy) is 3. The number of aromatic nitrogens is 2. The topological polar surface area (TPSA) is 149 Å². The molecule has 11 nitrogen and oxygen atoms in total. The molecule has 0 unspecified atom stereocenters. The van der Waals surface area contributed by atoms with E-state index in [0.29, 0.717) is 28.5 Å². The Balaban J connectivity index is 1.25. The monoisotopic (exact) mass is 556 g/mol. The van der Waals surface area contributed by atoms with E-state index in [-0.39, 0.29) is 43.1 Å². The predicted octanol–water partition coefficient (Wildman–Crippen LogP) is 2.68. The van der Waals surface area contributed by atoms with Gasteiger partial charge in [0.15, 0.2) is 6.61 Å². The summed E-state index contributed by atoms with van der Waals surface area (Å²) in [5.41, 5.74) is 1.22. The van der Waals surface area contributed by atoms with E-state index in [1.807, 2.05) is 29.6 Å². The molecule has 2 heterocycles. The van der Waals surface area contributed by atoms with E-state index >= 15 is 0 Å². The fraction of sp³-hybridized carbons (Fsp3) is 0.444. The maximum atomic E-state index is 12.8. The molecule has 4 rings (SSSR count). The van der Waals surface area contributed by atoms with Crippen LogP contribution in [-0.4, -0.2) is 54.1 Å². The van der Waals surface area contributed by atoms with E-state index in [1.165, 1.54) is 18.3 Å². The summed E-state index contributed by atoms with van der Waals surface area (Å²) in [6.07, 6.45) is 3.46. The molecular weight excluding hydrogens is 524 g/mol. The molecule has 3 aromatic rings. The highest BCUT2D eigenvalue weighted by Crippen LogP contribution is 2.26. The van der Waals surface area contributed by atoms with Crippen LogP contribution in [0.5, 0.6) is 5.75 Å². The van der Waals surface area contributed by atoms with E-state index in [0.717, 1.165) is 36.8 Å². The Morgan fingerprint density at radius 1 is 1.18 bits per heavy atom. The van der Waals surface area contributed by atoms with Crippen molar-refractivity contribution in [1.29, 1.82) is 0 Å². The number of aromatic amines is 1. The average Bonchev–Trinajstić information content (AvgIpc) is 3.35. The Hall–Kier alpha value is -3.77. The van der Waals surface area contributed by atoms with Crippen LogP contribution in [0.15, 0.2) is 34.4 Å². The number of rotatable bonds is 11. The second-order valence-corrected chi connectivity index (χ2v) is 10.3. The van der Waals surface area contributed by atoms with Crippen LogP contribution in [-0.2, 0) is 32.2 Å². The van der Waals surface area contributed by atoms with E-state index in [2.05, 4.69) is 20.6 Å². The number of carbonyl (C=O) groups is 3. The fourth-order valence-electron chi connectivity index (χ4n) is 4.51. The highest BCUT2D eigenvalue weighted by Gasteiger charge is 2.23.